The van der Waals surface area contributed by atoms with E-state index >= 15 is 0 Å². The van der Waals surface area contributed by atoms with E-state index in [1.165, 1.54) is 0 Å². The monoisotopic (exact) mass is 436 g/mol. The number of hydrogen-bond acceptors (Lipinski definition) is 7. The fourth-order valence-electron chi connectivity index (χ4n) is 3.80. The summed E-state index contributed by atoms with van der Waals surface area (Å²) < 4.78 is 12.6. The van der Waals surface area contributed by atoms with Gasteiger partial charge in [-0.3, -0.25) is 9.36 Å². The summed E-state index contributed by atoms with van der Waals surface area (Å²) in [5.74, 6) is 3.51. The predicted octanol–water partition coefficient (Wildman–Crippen LogP) is 2.57. The molecule has 1 amide bonds. The number of benzene rings is 1. The summed E-state index contributed by atoms with van der Waals surface area (Å²) in [5.41, 5.74) is 2.59. The Labute approximate surface area is 187 Å². The van der Waals surface area contributed by atoms with Crippen molar-refractivity contribution < 1.29 is 14.3 Å². The highest BCUT2D eigenvalue weighted by Crippen LogP contribution is 2.25. The number of nitrogens with zero attached hydrogens (tertiary/aromatic N) is 6. The molecule has 9 heteroatoms. The van der Waals surface area contributed by atoms with Gasteiger partial charge in [-0.1, -0.05) is 0 Å². The first-order chi connectivity index (χ1) is 15.4. The van der Waals surface area contributed by atoms with Crippen molar-refractivity contribution in [3.63, 3.8) is 0 Å². The van der Waals surface area contributed by atoms with Crippen LogP contribution in [0.3, 0.4) is 0 Å². The molecule has 0 unspecified atom stereocenters. The van der Waals surface area contributed by atoms with Crippen LogP contribution in [0.1, 0.15) is 27.6 Å². The van der Waals surface area contributed by atoms with Crippen molar-refractivity contribution in [1.82, 2.24) is 24.4 Å². The van der Waals surface area contributed by atoms with E-state index in [1.807, 2.05) is 36.3 Å². The van der Waals surface area contributed by atoms with Crippen LogP contribution < -0.4 is 14.4 Å². The molecule has 0 N–H and O–H groups in total. The molecule has 32 heavy (non-hydrogen) atoms. The molecule has 0 bridgehead atoms. The van der Waals surface area contributed by atoms with Gasteiger partial charge in [-0.15, -0.1) is 0 Å². The second-order valence-electron chi connectivity index (χ2n) is 7.80. The Hall–Kier alpha value is -3.62. The molecule has 3 heterocycles. The molecule has 3 aromatic rings. The summed E-state index contributed by atoms with van der Waals surface area (Å²) in [6.07, 6.45) is 1.79. The third-order valence-corrected chi connectivity index (χ3v) is 5.80. The molecule has 1 aromatic carbocycles. The summed E-state index contributed by atoms with van der Waals surface area (Å²) in [7, 11) is 3.15. The molecule has 2 aromatic heterocycles. The van der Waals surface area contributed by atoms with Gasteiger partial charge in [0.2, 0.25) is 0 Å². The van der Waals surface area contributed by atoms with E-state index in [-0.39, 0.29) is 5.91 Å². The van der Waals surface area contributed by atoms with Crippen molar-refractivity contribution >= 4 is 11.7 Å². The zero-order valence-corrected chi connectivity index (χ0v) is 19.1. The van der Waals surface area contributed by atoms with Crippen LogP contribution in [0.2, 0.25) is 0 Å². The molecule has 0 atom stereocenters. The first kappa shape index (κ1) is 21.6. The minimum absolute atomic E-state index is 0.0362. The summed E-state index contributed by atoms with van der Waals surface area (Å²) in [6.45, 7) is 8.46. The van der Waals surface area contributed by atoms with Gasteiger partial charge in [-0.05, 0) is 32.9 Å². The first-order valence-corrected chi connectivity index (χ1v) is 10.5. The maximum absolute atomic E-state index is 13.1. The Bertz CT molecular complexity index is 1110. The van der Waals surface area contributed by atoms with Gasteiger partial charge < -0.3 is 19.3 Å². The van der Waals surface area contributed by atoms with E-state index in [1.54, 1.807) is 38.7 Å². The van der Waals surface area contributed by atoms with Gasteiger partial charge in [0.15, 0.2) is 0 Å². The van der Waals surface area contributed by atoms with Gasteiger partial charge in [0.25, 0.3) is 5.91 Å². The molecule has 0 spiro atoms. The lowest BCUT2D eigenvalue weighted by Gasteiger charge is -2.35. The molecular weight excluding hydrogens is 408 g/mol. The fraction of sp³-hybridized carbons (Fsp3) is 0.391. The summed E-state index contributed by atoms with van der Waals surface area (Å²) in [4.78, 5) is 30.7. The number of methoxy groups -OCH3 is 2. The molecule has 0 radical (unpaired) electrons. The first-order valence-electron chi connectivity index (χ1n) is 10.5. The van der Waals surface area contributed by atoms with Gasteiger partial charge in [-0.2, -0.15) is 0 Å². The van der Waals surface area contributed by atoms with Crippen molar-refractivity contribution in [2.24, 2.45) is 0 Å². The smallest absolute Gasteiger partial charge is 0.254 e. The van der Waals surface area contributed by atoms with Gasteiger partial charge in [0, 0.05) is 49.6 Å². The number of imidazole rings is 1. The Kier molecular flexibility index (Phi) is 5.98. The second kappa shape index (κ2) is 8.86. The maximum atomic E-state index is 13.1. The number of aromatic nitrogens is 4. The number of anilines is 1. The lowest BCUT2D eigenvalue weighted by Crippen LogP contribution is -2.49. The molecule has 0 saturated carbocycles. The number of hydrogen-bond donors (Lipinski definition) is 0. The molecule has 9 nitrogen and oxygen atoms in total. The third kappa shape index (κ3) is 4.23. The van der Waals surface area contributed by atoms with Gasteiger partial charge in [0.1, 0.15) is 35.3 Å². The number of rotatable bonds is 5. The summed E-state index contributed by atoms with van der Waals surface area (Å²) in [5, 5.41) is 0. The largest absolute Gasteiger partial charge is 0.497 e. The maximum Gasteiger partial charge on any atom is 0.254 e. The normalized spacial score (nSPS) is 13.9. The highest BCUT2D eigenvalue weighted by molar-refractivity contribution is 5.95. The van der Waals surface area contributed by atoms with E-state index in [9.17, 15) is 4.79 Å². The van der Waals surface area contributed by atoms with Crippen LogP contribution in [0.5, 0.6) is 11.5 Å². The minimum atomic E-state index is -0.0362. The fourth-order valence-corrected chi connectivity index (χ4v) is 3.80. The van der Waals surface area contributed by atoms with E-state index in [0.29, 0.717) is 49.1 Å². The van der Waals surface area contributed by atoms with Crippen LogP contribution in [-0.2, 0) is 0 Å². The van der Waals surface area contributed by atoms with E-state index in [4.69, 9.17) is 9.47 Å². The lowest BCUT2D eigenvalue weighted by atomic mass is 10.1. The molecule has 4 rings (SSSR count). The average molecular weight is 437 g/mol. The number of carbonyl (C=O) groups excluding carboxylic acids is 1. The predicted molar refractivity (Wildman–Crippen MR) is 121 cm³/mol. The Balaban J connectivity index is 1.49. The van der Waals surface area contributed by atoms with Crippen LogP contribution >= 0.6 is 0 Å². The van der Waals surface area contributed by atoms with Crippen molar-refractivity contribution in [1.29, 1.82) is 0 Å². The molecule has 168 valence electrons. The number of ether oxygens (including phenoxy) is 2. The second-order valence-corrected chi connectivity index (χ2v) is 7.80. The zero-order valence-electron chi connectivity index (χ0n) is 19.1. The number of aryl methyl sites for hydroxylation is 2. The lowest BCUT2D eigenvalue weighted by molar-refractivity contribution is 0.0745. The van der Waals surface area contributed by atoms with Crippen molar-refractivity contribution in [3.8, 4) is 17.3 Å². The molecule has 1 saturated heterocycles. The van der Waals surface area contributed by atoms with Gasteiger partial charge in [-0.25, -0.2) is 15.0 Å². The topological polar surface area (TPSA) is 85.6 Å². The minimum Gasteiger partial charge on any atom is -0.497 e. The number of carbonyl (C=O) groups is 1. The van der Waals surface area contributed by atoms with E-state index in [0.717, 1.165) is 23.0 Å². The number of piperazine rings is 1. The average Bonchev–Trinajstić information content (AvgIpc) is 3.16. The van der Waals surface area contributed by atoms with Gasteiger partial charge >= 0.3 is 0 Å². The van der Waals surface area contributed by atoms with Crippen LogP contribution in [0.4, 0.5) is 5.82 Å². The SMILES string of the molecule is COc1cc(OC)cc(C(=O)N2CCN(c3cc(-n4cnc(C)c4C)nc(C)n3)CC2)c1. The van der Waals surface area contributed by atoms with Crippen molar-refractivity contribution in [2.45, 2.75) is 20.8 Å². The molecule has 1 aliphatic rings. The van der Waals surface area contributed by atoms with Gasteiger partial charge in [0.05, 0.1) is 19.9 Å². The quantitative estimate of drug-likeness (QED) is 0.608. The van der Waals surface area contributed by atoms with E-state index in [2.05, 4.69) is 19.9 Å². The van der Waals surface area contributed by atoms with Crippen molar-refractivity contribution in [2.75, 3.05) is 45.3 Å². The highest BCUT2D eigenvalue weighted by Gasteiger charge is 2.24. The summed E-state index contributed by atoms with van der Waals surface area (Å²) in [6, 6.07) is 7.22. The molecular formula is C23H28N6O3. The Morgan fingerprint density at radius 3 is 2.06 bits per heavy atom. The Morgan fingerprint density at radius 2 is 1.50 bits per heavy atom. The third-order valence-electron chi connectivity index (χ3n) is 5.80. The van der Waals surface area contributed by atoms with Crippen LogP contribution in [0.25, 0.3) is 5.82 Å². The highest BCUT2D eigenvalue weighted by atomic mass is 16.5. The molecule has 1 fully saturated rings. The number of amides is 1. The Morgan fingerprint density at radius 1 is 0.875 bits per heavy atom. The van der Waals surface area contributed by atoms with Crippen LogP contribution in [0, 0.1) is 20.8 Å². The van der Waals surface area contributed by atoms with Crippen molar-refractivity contribution in [3.05, 3.63) is 53.4 Å². The zero-order chi connectivity index (χ0) is 22.8. The van der Waals surface area contributed by atoms with Crippen LogP contribution in [-0.4, -0.2) is 70.7 Å². The van der Waals surface area contributed by atoms with Crippen LogP contribution in [0.15, 0.2) is 30.6 Å². The standard InChI is InChI=1S/C23H28N6O3/c1-15-16(2)29(14-24-15)22-13-21(25-17(3)26-22)27-6-8-28(9-7-27)23(30)18-10-19(31-4)12-20(11-18)32-5/h10-14H,6-9H2,1-5H3. The van der Waals surface area contributed by atoms with E-state index < -0.39 is 0 Å². The molecule has 1 aliphatic heterocycles. The summed E-state index contributed by atoms with van der Waals surface area (Å²) >= 11 is 0. The molecule has 0 aliphatic carbocycles.